The smallest absolute Gasteiger partial charge is 0.0937 e. The zero-order valence-electron chi connectivity index (χ0n) is 9.05. The molecule has 0 aliphatic carbocycles. The Morgan fingerprint density at radius 3 is 3.07 bits per heavy atom. The molecule has 1 fully saturated rings. The Bertz CT molecular complexity index is 324. The summed E-state index contributed by atoms with van der Waals surface area (Å²) in [5, 5.41) is 9.97. The molecule has 1 aliphatic heterocycles. The van der Waals surface area contributed by atoms with Gasteiger partial charge in [0.25, 0.3) is 0 Å². The van der Waals surface area contributed by atoms with E-state index >= 15 is 0 Å². The molecule has 1 aromatic heterocycles. The van der Waals surface area contributed by atoms with Crippen LogP contribution in [0.25, 0.3) is 0 Å². The number of thiazole rings is 1. The molecule has 0 spiro atoms. The quantitative estimate of drug-likeness (QED) is 0.582. The second kappa shape index (κ2) is 5.39. The molecule has 3 nitrogen and oxygen atoms in total. The first-order valence-corrected chi connectivity index (χ1v) is 6.21. The number of aromatic nitrogens is 1. The largest absolute Gasteiger partial charge is 0.313 e. The zero-order valence-corrected chi connectivity index (χ0v) is 9.86. The van der Waals surface area contributed by atoms with E-state index in [2.05, 4.69) is 22.5 Å². The van der Waals surface area contributed by atoms with Gasteiger partial charge in [-0.2, -0.15) is 0 Å². The van der Waals surface area contributed by atoms with Crippen molar-refractivity contribution in [3.05, 3.63) is 27.7 Å². The van der Waals surface area contributed by atoms with Gasteiger partial charge in [-0.1, -0.05) is 5.57 Å². The van der Waals surface area contributed by atoms with Gasteiger partial charge < -0.3 is 10.6 Å². The average molecular weight is 223 g/mol. The maximum Gasteiger partial charge on any atom is 0.0937 e. The third-order valence-electron chi connectivity index (χ3n) is 2.67. The third kappa shape index (κ3) is 3.12. The monoisotopic (exact) mass is 223 g/mol. The molecular weight excluding hydrogens is 206 g/mol. The van der Waals surface area contributed by atoms with Crippen molar-refractivity contribution in [2.24, 2.45) is 0 Å². The van der Waals surface area contributed by atoms with Crippen LogP contribution in [0.2, 0.25) is 0 Å². The van der Waals surface area contributed by atoms with Crippen molar-refractivity contribution in [3.63, 3.8) is 0 Å². The van der Waals surface area contributed by atoms with E-state index < -0.39 is 0 Å². The Hall–Kier alpha value is -0.710. The molecule has 0 bridgehead atoms. The molecule has 2 rings (SSSR count). The molecule has 1 aliphatic rings. The molecule has 2 heterocycles. The Kier molecular flexibility index (Phi) is 3.88. The molecule has 0 atom stereocenters. The lowest BCUT2D eigenvalue weighted by Gasteiger charge is -2.22. The summed E-state index contributed by atoms with van der Waals surface area (Å²) in [5.41, 5.74) is 3.06. The lowest BCUT2D eigenvalue weighted by Crippen LogP contribution is -2.36. The van der Waals surface area contributed by atoms with Crippen molar-refractivity contribution < 1.29 is 0 Å². The molecule has 1 saturated heterocycles. The first kappa shape index (κ1) is 10.8. The van der Waals surface area contributed by atoms with E-state index in [1.807, 2.05) is 11.6 Å². The Morgan fingerprint density at radius 1 is 1.60 bits per heavy atom. The summed E-state index contributed by atoms with van der Waals surface area (Å²) in [6.07, 6.45) is 2.91. The van der Waals surface area contributed by atoms with Crippen LogP contribution in [0.4, 0.5) is 0 Å². The van der Waals surface area contributed by atoms with Crippen molar-refractivity contribution in [2.45, 2.75) is 13.3 Å². The number of nitrogens with one attached hydrogen (secondary N) is 2. The van der Waals surface area contributed by atoms with E-state index in [-0.39, 0.29) is 0 Å². The molecule has 0 aromatic carbocycles. The second-order valence-electron chi connectivity index (χ2n) is 3.84. The predicted molar refractivity (Wildman–Crippen MR) is 64.3 cm³/mol. The van der Waals surface area contributed by atoms with Crippen LogP contribution in [0.3, 0.4) is 0 Å². The summed E-state index contributed by atoms with van der Waals surface area (Å²) in [6, 6.07) is 0. The summed E-state index contributed by atoms with van der Waals surface area (Å²) in [4.78, 5) is 4.25. The average Bonchev–Trinajstić information content (AvgIpc) is 2.62. The van der Waals surface area contributed by atoms with Crippen molar-refractivity contribution >= 4 is 11.3 Å². The molecule has 0 radical (unpaired) electrons. The van der Waals surface area contributed by atoms with Crippen LogP contribution in [0, 0.1) is 0 Å². The fourth-order valence-corrected chi connectivity index (χ4v) is 2.14. The van der Waals surface area contributed by atoms with Gasteiger partial charge in [0.2, 0.25) is 0 Å². The molecule has 2 N–H and O–H groups in total. The highest BCUT2D eigenvalue weighted by Gasteiger charge is 2.09. The Labute approximate surface area is 94.6 Å². The minimum atomic E-state index is 1.02. The molecule has 4 heteroatoms. The minimum Gasteiger partial charge on any atom is -0.313 e. The van der Waals surface area contributed by atoms with Crippen LogP contribution in [0.5, 0.6) is 0 Å². The van der Waals surface area contributed by atoms with Crippen LogP contribution in [-0.2, 0) is 6.42 Å². The lowest BCUT2D eigenvalue weighted by atomic mass is 10.0. The summed E-state index contributed by atoms with van der Waals surface area (Å²) < 4.78 is 0. The molecule has 0 unspecified atom stereocenters. The van der Waals surface area contributed by atoms with Crippen LogP contribution in [0.1, 0.15) is 11.9 Å². The van der Waals surface area contributed by atoms with E-state index in [9.17, 15) is 0 Å². The Morgan fingerprint density at radius 2 is 2.47 bits per heavy atom. The standard InChI is InChI=1S/C11H17N3S/c1-9(10-7-13-8-10)6-12-3-2-11-14-4-5-15-11/h4-5,12-13H,2-3,6-8H2,1H3. The van der Waals surface area contributed by atoms with Crippen LogP contribution >= 0.6 is 11.3 Å². The zero-order chi connectivity index (χ0) is 10.5. The molecule has 15 heavy (non-hydrogen) atoms. The minimum absolute atomic E-state index is 1.02. The van der Waals surface area contributed by atoms with E-state index in [1.165, 1.54) is 10.6 Å². The van der Waals surface area contributed by atoms with Crippen molar-refractivity contribution in [1.29, 1.82) is 0 Å². The number of hydrogen-bond acceptors (Lipinski definition) is 4. The second-order valence-corrected chi connectivity index (χ2v) is 4.82. The highest BCUT2D eigenvalue weighted by Crippen LogP contribution is 2.07. The number of rotatable bonds is 5. The van der Waals surface area contributed by atoms with Gasteiger partial charge in [-0.25, -0.2) is 4.98 Å². The molecular formula is C11H17N3S. The predicted octanol–water partition coefficient (Wildman–Crippen LogP) is 1.19. The summed E-state index contributed by atoms with van der Waals surface area (Å²) in [7, 11) is 0. The van der Waals surface area contributed by atoms with Gasteiger partial charge in [0.1, 0.15) is 0 Å². The summed E-state index contributed by atoms with van der Waals surface area (Å²) in [5.74, 6) is 0. The van der Waals surface area contributed by atoms with Crippen molar-refractivity contribution in [2.75, 3.05) is 26.2 Å². The number of nitrogens with zero attached hydrogens (tertiary/aromatic N) is 1. The van der Waals surface area contributed by atoms with Gasteiger partial charge in [0.15, 0.2) is 0 Å². The van der Waals surface area contributed by atoms with E-state index in [4.69, 9.17) is 0 Å². The Balaban J connectivity index is 1.63. The number of hydrogen-bond donors (Lipinski definition) is 2. The first-order chi connectivity index (χ1) is 7.36. The summed E-state index contributed by atoms with van der Waals surface area (Å²) >= 11 is 1.73. The maximum atomic E-state index is 4.25. The third-order valence-corrected chi connectivity index (χ3v) is 3.51. The van der Waals surface area contributed by atoms with E-state index in [0.717, 1.165) is 32.6 Å². The first-order valence-electron chi connectivity index (χ1n) is 5.33. The summed E-state index contributed by atoms with van der Waals surface area (Å²) in [6.45, 7) is 6.42. The molecule has 0 amide bonds. The van der Waals surface area contributed by atoms with Crippen LogP contribution < -0.4 is 10.6 Å². The fourth-order valence-electron chi connectivity index (χ4n) is 1.52. The van der Waals surface area contributed by atoms with Crippen LogP contribution in [-0.4, -0.2) is 31.2 Å². The van der Waals surface area contributed by atoms with Gasteiger partial charge >= 0.3 is 0 Å². The van der Waals surface area contributed by atoms with Crippen molar-refractivity contribution in [3.8, 4) is 0 Å². The highest BCUT2D eigenvalue weighted by molar-refractivity contribution is 7.09. The molecule has 0 saturated carbocycles. The maximum absolute atomic E-state index is 4.25. The van der Waals surface area contributed by atoms with Crippen molar-refractivity contribution in [1.82, 2.24) is 15.6 Å². The highest BCUT2D eigenvalue weighted by atomic mass is 32.1. The van der Waals surface area contributed by atoms with E-state index in [1.54, 1.807) is 16.9 Å². The van der Waals surface area contributed by atoms with Gasteiger partial charge in [0.05, 0.1) is 5.01 Å². The van der Waals surface area contributed by atoms with Gasteiger partial charge in [-0.3, -0.25) is 0 Å². The SMILES string of the molecule is CC(CNCCc1nccs1)=C1CNC1. The topological polar surface area (TPSA) is 37.0 Å². The fraction of sp³-hybridized carbons (Fsp3) is 0.545. The van der Waals surface area contributed by atoms with E-state index in [0.29, 0.717) is 0 Å². The van der Waals surface area contributed by atoms with Gasteiger partial charge in [0, 0.05) is 44.2 Å². The normalized spacial score (nSPS) is 15.1. The van der Waals surface area contributed by atoms with Gasteiger partial charge in [-0.05, 0) is 12.5 Å². The van der Waals surface area contributed by atoms with Gasteiger partial charge in [-0.15, -0.1) is 11.3 Å². The molecule has 82 valence electrons. The lowest BCUT2D eigenvalue weighted by molar-refractivity contribution is 0.640. The van der Waals surface area contributed by atoms with Crippen LogP contribution in [0.15, 0.2) is 22.7 Å². The molecule has 1 aromatic rings.